The van der Waals surface area contributed by atoms with Crippen LogP contribution in [0.3, 0.4) is 0 Å². The summed E-state index contributed by atoms with van der Waals surface area (Å²) >= 11 is 0. The van der Waals surface area contributed by atoms with Crippen molar-refractivity contribution in [1.82, 2.24) is 9.21 Å². The lowest BCUT2D eigenvalue weighted by molar-refractivity contribution is -0.142. The molecular weight excluding hydrogens is 553 g/mol. The number of alkyl halides is 3. The van der Waals surface area contributed by atoms with E-state index in [0.29, 0.717) is 19.4 Å². The SMILES string of the molecule is Cc1cccc(-c2ccc([C@H]3C4CN(S(=O)(=O)c5ccccc5C(F)(F)F)CCCCN4[C@@H]3CC(=O)O)cc2)c1C. The summed E-state index contributed by atoms with van der Waals surface area (Å²) in [4.78, 5) is 13.1. The molecule has 5 rings (SSSR count). The van der Waals surface area contributed by atoms with Crippen molar-refractivity contribution in [3.8, 4) is 11.1 Å². The first-order chi connectivity index (χ1) is 19.4. The molecule has 2 saturated heterocycles. The van der Waals surface area contributed by atoms with Gasteiger partial charge in [0.2, 0.25) is 10.0 Å². The predicted octanol–water partition coefficient (Wildman–Crippen LogP) is 6.09. The summed E-state index contributed by atoms with van der Waals surface area (Å²) in [6, 6.07) is 17.6. The lowest BCUT2D eigenvalue weighted by Gasteiger charge is -2.57. The second-order valence-corrected chi connectivity index (χ2v) is 12.8. The lowest BCUT2D eigenvalue weighted by atomic mass is 9.72. The fourth-order valence-electron chi connectivity index (χ4n) is 6.35. The van der Waals surface area contributed by atoms with Gasteiger partial charge in [-0.15, -0.1) is 0 Å². The normalized spacial score (nSPS) is 22.3. The highest BCUT2D eigenvalue weighted by Crippen LogP contribution is 2.45. The van der Waals surface area contributed by atoms with Crippen LogP contribution < -0.4 is 0 Å². The third-order valence-electron chi connectivity index (χ3n) is 8.55. The van der Waals surface area contributed by atoms with Gasteiger partial charge in [-0.1, -0.05) is 54.6 Å². The van der Waals surface area contributed by atoms with Gasteiger partial charge in [0, 0.05) is 31.1 Å². The van der Waals surface area contributed by atoms with Crippen LogP contribution in [0.25, 0.3) is 11.1 Å². The van der Waals surface area contributed by atoms with E-state index in [0.717, 1.165) is 33.1 Å². The molecule has 218 valence electrons. The molecule has 0 aromatic heterocycles. The molecule has 6 nitrogen and oxygen atoms in total. The van der Waals surface area contributed by atoms with Gasteiger partial charge in [0.1, 0.15) is 0 Å². The van der Waals surface area contributed by atoms with Crippen molar-refractivity contribution in [1.29, 1.82) is 0 Å². The number of rotatable bonds is 6. The van der Waals surface area contributed by atoms with Crippen LogP contribution in [0.15, 0.2) is 71.6 Å². The zero-order valence-corrected chi connectivity index (χ0v) is 23.8. The van der Waals surface area contributed by atoms with E-state index in [4.69, 9.17) is 0 Å². The Hall–Kier alpha value is -3.21. The molecule has 0 amide bonds. The van der Waals surface area contributed by atoms with Crippen molar-refractivity contribution in [2.24, 2.45) is 0 Å². The zero-order chi connectivity index (χ0) is 29.5. The van der Waals surface area contributed by atoms with Crippen LogP contribution in [0.1, 0.15) is 47.4 Å². The Balaban J connectivity index is 1.49. The number of hydrogen-bond acceptors (Lipinski definition) is 4. The second kappa shape index (κ2) is 11.2. The van der Waals surface area contributed by atoms with E-state index in [1.54, 1.807) is 0 Å². The van der Waals surface area contributed by atoms with Crippen LogP contribution in [0.4, 0.5) is 13.2 Å². The summed E-state index contributed by atoms with van der Waals surface area (Å²) in [5.41, 5.74) is 4.16. The van der Waals surface area contributed by atoms with Crippen LogP contribution in [-0.2, 0) is 21.0 Å². The van der Waals surface area contributed by atoms with E-state index in [1.165, 1.54) is 23.3 Å². The molecule has 2 heterocycles. The van der Waals surface area contributed by atoms with E-state index in [2.05, 4.69) is 6.92 Å². The van der Waals surface area contributed by atoms with Crippen LogP contribution >= 0.6 is 0 Å². The molecule has 0 aliphatic carbocycles. The van der Waals surface area contributed by atoms with Crippen LogP contribution in [0.2, 0.25) is 0 Å². The number of carboxylic acid groups (broad SMARTS) is 1. The molecule has 2 aliphatic heterocycles. The van der Waals surface area contributed by atoms with Gasteiger partial charge in [-0.25, -0.2) is 8.42 Å². The number of carbonyl (C=O) groups is 1. The smallest absolute Gasteiger partial charge is 0.417 e. The van der Waals surface area contributed by atoms with E-state index in [9.17, 15) is 31.5 Å². The van der Waals surface area contributed by atoms with E-state index in [1.807, 2.05) is 54.3 Å². The second-order valence-electron chi connectivity index (χ2n) is 10.9. The Labute approximate surface area is 238 Å². The predicted molar refractivity (Wildman–Crippen MR) is 150 cm³/mol. The zero-order valence-electron chi connectivity index (χ0n) is 22.9. The summed E-state index contributed by atoms with van der Waals surface area (Å²) in [5, 5.41) is 9.68. The average molecular weight is 587 g/mol. The molecule has 1 unspecified atom stereocenters. The number of sulfonamides is 1. The number of fused-ring (bicyclic) bond motifs is 1. The maximum Gasteiger partial charge on any atom is 0.417 e. The van der Waals surface area contributed by atoms with Crippen LogP contribution in [0.5, 0.6) is 0 Å². The van der Waals surface area contributed by atoms with E-state index >= 15 is 0 Å². The summed E-state index contributed by atoms with van der Waals surface area (Å²) < 4.78 is 69.8. The van der Waals surface area contributed by atoms with Gasteiger partial charge >= 0.3 is 12.1 Å². The lowest BCUT2D eigenvalue weighted by Crippen LogP contribution is -2.67. The minimum Gasteiger partial charge on any atom is -0.481 e. The largest absolute Gasteiger partial charge is 0.481 e. The molecule has 0 radical (unpaired) electrons. The maximum atomic E-state index is 13.8. The van der Waals surface area contributed by atoms with E-state index < -0.39 is 32.6 Å². The fourth-order valence-corrected chi connectivity index (χ4v) is 8.05. The third kappa shape index (κ3) is 5.65. The van der Waals surface area contributed by atoms with Gasteiger partial charge in [-0.2, -0.15) is 17.5 Å². The minimum atomic E-state index is -4.82. The molecule has 0 spiro atoms. The van der Waals surface area contributed by atoms with Crippen molar-refractivity contribution in [2.75, 3.05) is 19.6 Å². The minimum absolute atomic E-state index is 0.0198. The number of hydrogen-bond donors (Lipinski definition) is 1. The number of aryl methyl sites for hydroxylation is 1. The number of nitrogens with zero attached hydrogens (tertiary/aromatic N) is 2. The maximum absolute atomic E-state index is 13.8. The van der Waals surface area contributed by atoms with Gasteiger partial charge in [-0.05, 0) is 73.2 Å². The molecule has 41 heavy (non-hydrogen) atoms. The number of benzene rings is 3. The molecule has 10 heteroatoms. The Morgan fingerprint density at radius 2 is 1.63 bits per heavy atom. The van der Waals surface area contributed by atoms with Gasteiger partial charge in [0.05, 0.1) is 16.9 Å². The third-order valence-corrected chi connectivity index (χ3v) is 10.5. The van der Waals surface area contributed by atoms with Gasteiger partial charge in [0.15, 0.2) is 0 Å². The van der Waals surface area contributed by atoms with Crippen molar-refractivity contribution < 1.29 is 31.5 Å². The Bertz CT molecular complexity index is 1540. The standard InChI is InChI=1S/C31H33F3N2O4S/c1-20-8-7-9-24(21(20)2)22-12-14-23(15-13-22)30-26(18-29(37)38)36-17-6-5-16-35(19-27(30)36)41(39,40)28-11-4-3-10-25(28)31(32,33)34/h3-4,7-15,26-27,30H,5-6,16-19H2,1-2H3,(H,37,38)/t26-,27?,30-/m1/s1. The highest BCUT2D eigenvalue weighted by molar-refractivity contribution is 7.89. The monoisotopic (exact) mass is 586 g/mol. The number of halogens is 3. The van der Waals surface area contributed by atoms with E-state index in [-0.39, 0.29) is 37.5 Å². The molecule has 0 saturated carbocycles. The molecule has 1 N–H and O–H groups in total. The summed E-state index contributed by atoms with van der Waals surface area (Å²) in [7, 11) is -4.47. The molecule has 3 aromatic rings. The van der Waals surface area contributed by atoms with Crippen LogP contribution in [-0.4, -0.2) is 60.4 Å². The summed E-state index contributed by atoms with van der Waals surface area (Å²) in [5.74, 6) is -1.23. The Kier molecular flexibility index (Phi) is 8.02. The first kappa shape index (κ1) is 29.3. The van der Waals surface area contributed by atoms with Gasteiger partial charge in [0.25, 0.3) is 0 Å². The Morgan fingerprint density at radius 3 is 2.32 bits per heavy atom. The summed E-state index contributed by atoms with van der Waals surface area (Å²) in [6.45, 7) is 4.79. The summed E-state index contributed by atoms with van der Waals surface area (Å²) in [6.07, 6.45) is -3.85. The first-order valence-corrected chi connectivity index (χ1v) is 15.1. The fraction of sp³-hybridized carbons (Fsp3) is 0.387. The first-order valence-electron chi connectivity index (χ1n) is 13.7. The number of carboxylic acids is 1. The van der Waals surface area contributed by atoms with Gasteiger partial charge in [-0.3, -0.25) is 9.69 Å². The molecular formula is C31H33F3N2O4S. The van der Waals surface area contributed by atoms with Crippen molar-refractivity contribution in [2.45, 2.75) is 62.2 Å². The highest BCUT2D eigenvalue weighted by atomic mass is 32.2. The molecule has 2 aliphatic rings. The average Bonchev–Trinajstić information content (AvgIpc) is 2.91. The van der Waals surface area contributed by atoms with Crippen molar-refractivity contribution >= 4 is 16.0 Å². The van der Waals surface area contributed by atoms with Crippen LogP contribution in [0, 0.1) is 13.8 Å². The molecule has 0 bridgehead atoms. The molecule has 3 atom stereocenters. The Morgan fingerprint density at radius 1 is 0.951 bits per heavy atom. The highest BCUT2D eigenvalue weighted by Gasteiger charge is 2.51. The quantitative estimate of drug-likeness (QED) is 0.379. The topological polar surface area (TPSA) is 77.9 Å². The number of aliphatic carboxylic acids is 1. The molecule has 3 aromatic carbocycles. The molecule has 2 fully saturated rings. The van der Waals surface area contributed by atoms with Crippen molar-refractivity contribution in [3.05, 3.63) is 89.0 Å². The van der Waals surface area contributed by atoms with Gasteiger partial charge < -0.3 is 5.11 Å². The van der Waals surface area contributed by atoms with Crippen molar-refractivity contribution in [3.63, 3.8) is 0 Å².